The van der Waals surface area contributed by atoms with Crippen molar-refractivity contribution in [1.82, 2.24) is 19.4 Å². The predicted molar refractivity (Wildman–Crippen MR) is 93.2 cm³/mol. The molecule has 2 heterocycles. The van der Waals surface area contributed by atoms with Crippen LogP contribution in [0.3, 0.4) is 0 Å². The van der Waals surface area contributed by atoms with Crippen LogP contribution in [0.2, 0.25) is 0 Å². The van der Waals surface area contributed by atoms with Crippen LogP contribution in [-0.2, 0) is 17.9 Å². The maximum atomic E-state index is 12.5. The first-order chi connectivity index (χ1) is 10.7. The number of halogens is 1. The fourth-order valence-electron chi connectivity index (χ4n) is 3.06. The summed E-state index contributed by atoms with van der Waals surface area (Å²) in [5.74, 6) is 0.0183. The first kappa shape index (κ1) is 17.6. The van der Waals surface area contributed by atoms with Crippen molar-refractivity contribution in [1.29, 1.82) is 0 Å². The molecule has 0 radical (unpaired) electrons. The van der Waals surface area contributed by atoms with Crippen molar-refractivity contribution in [2.75, 3.05) is 26.2 Å². The number of nitrogens with zero attached hydrogens (tertiary/aromatic N) is 3. The summed E-state index contributed by atoms with van der Waals surface area (Å²) in [5, 5.41) is 3.28. The Kier molecular flexibility index (Phi) is 5.85. The van der Waals surface area contributed by atoms with E-state index in [-0.39, 0.29) is 30.5 Å². The predicted octanol–water partition coefficient (Wildman–Crippen LogP) is 1.07. The van der Waals surface area contributed by atoms with Gasteiger partial charge in [-0.05, 0) is 32.0 Å². The second-order valence-electron chi connectivity index (χ2n) is 5.59. The highest BCUT2D eigenvalue weighted by Gasteiger charge is 2.19. The summed E-state index contributed by atoms with van der Waals surface area (Å²) in [6.07, 6.45) is 0.956. The summed E-state index contributed by atoms with van der Waals surface area (Å²) in [4.78, 5) is 26.9. The van der Waals surface area contributed by atoms with Gasteiger partial charge < -0.3 is 10.2 Å². The molecule has 1 fully saturated rings. The van der Waals surface area contributed by atoms with Crippen LogP contribution >= 0.6 is 12.4 Å². The first-order valence-corrected chi connectivity index (χ1v) is 7.89. The van der Waals surface area contributed by atoms with Crippen LogP contribution in [0, 0.1) is 0 Å². The van der Waals surface area contributed by atoms with Crippen molar-refractivity contribution < 1.29 is 4.79 Å². The van der Waals surface area contributed by atoms with Crippen molar-refractivity contribution in [3.8, 4) is 0 Å². The van der Waals surface area contributed by atoms with Crippen molar-refractivity contribution in [3.63, 3.8) is 0 Å². The number of hydrogen-bond acceptors (Lipinski definition) is 3. The zero-order valence-electron chi connectivity index (χ0n) is 13.3. The van der Waals surface area contributed by atoms with Gasteiger partial charge in [0.05, 0.1) is 11.0 Å². The van der Waals surface area contributed by atoms with Gasteiger partial charge in [-0.15, -0.1) is 12.4 Å². The molecule has 0 atom stereocenters. The minimum Gasteiger partial charge on any atom is -0.340 e. The standard InChI is InChI=1S/C16H22N4O2.ClH/c1-2-19-13-6-3-4-7-14(13)20(16(19)22)12-15(21)18-10-5-8-17-9-11-18;/h3-4,6-7,17H,2,5,8-12H2,1H3;1H. The van der Waals surface area contributed by atoms with E-state index in [1.165, 1.54) is 0 Å². The molecular weight excluding hydrogens is 316 g/mol. The van der Waals surface area contributed by atoms with Crippen molar-refractivity contribution in [2.45, 2.75) is 26.4 Å². The van der Waals surface area contributed by atoms with E-state index in [0.717, 1.165) is 37.1 Å². The molecule has 1 aromatic heterocycles. The van der Waals surface area contributed by atoms with Gasteiger partial charge in [0.25, 0.3) is 0 Å². The summed E-state index contributed by atoms with van der Waals surface area (Å²) >= 11 is 0. The molecule has 1 amide bonds. The molecule has 1 saturated heterocycles. The highest BCUT2D eigenvalue weighted by molar-refractivity contribution is 5.85. The molecule has 6 nitrogen and oxygen atoms in total. The summed E-state index contributed by atoms with van der Waals surface area (Å²) in [6.45, 7) is 5.89. The third-order valence-corrected chi connectivity index (χ3v) is 4.23. The highest BCUT2D eigenvalue weighted by atomic mass is 35.5. The number of amides is 1. The zero-order chi connectivity index (χ0) is 15.5. The van der Waals surface area contributed by atoms with Gasteiger partial charge >= 0.3 is 5.69 Å². The van der Waals surface area contributed by atoms with E-state index >= 15 is 0 Å². The van der Waals surface area contributed by atoms with Crippen molar-refractivity contribution >= 4 is 29.3 Å². The van der Waals surface area contributed by atoms with E-state index in [1.54, 1.807) is 9.13 Å². The van der Waals surface area contributed by atoms with Gasteiger partial charge in [0.2, 0.25) is 5.91 Å². The molecule has 0 bridgehead atoms. The van der Waals surface area contributed by atoms with Crippen LogP contribution in [0.4, 0.5) is 0 Å². The second kappa shape index (κ2) is 7.66. The van der Waals surface area contributed by atoms with Crippen LogP contribution < -0.4 is 11.0 Å². The van der Waals surface area contributed by atoms with Gasteiger partial charge in [0.15, 0.2) is 0 Å². The van der Waals surface area contributed by atoms with E-state index in [9.17, 15) is 9.59 Å². The minimum absolute atomic E-state index is 0. The number of carbonyl (C=O) groups is 1. The molecule has 2 aromatic rings. The monoisotopic (exact) mass is 338 g/mol. The average Bonchev–Trinajstić information content (AvgIpc) is 2.73. The molecule has 126 valence electrons. The Bertz CT molecular complexity index is 729. The molecule has 0 unspecified atom stereocenters. The number of hydrogen-bond donors (Lipinski definition) is 1. The third-order valence-electron chi connectivity index (χ3n) is 4.23. The van der Waals surface area contributed by atoms with Crippen LogP contribution in [0.1, 0.15) is 13.3 Å². The molecule has 1 N–H and O–H groups in total. The molecular formula is C16H23ClN4O2. The van der Waals surface area contributed by atoms with Gasteiger partial charge in [-0.2, -0.15) is 0 Å². The van der Waals surface area contributed by atoms with Gasteiger partial charge in [-0.3, -0.25) is 13.9 Å². The van der Waals surface area contributed by atoms with Gasteiger partial charge in [-0.1, -0.05) is 12.1 Å². The van der Waals surface area contributed by atoms with E-state index in [2.05, 4.69) is 5.32 Å². The number of fused-ring (bicyclic) bond motifs is 1. The Hall–Kier alpha value is -1.79. The lowest BCUT2D eigenvalue weighted by Gasteiger charge is -2.20. The largest absolute Gasteiger partial charge is 0.340 e. The Morgan fingerprint density at radius 3 is 2.52 bits per heavy atom. The van der Waals surface area contributed by atoms with Crippen LogP contribution in [0.5, 0.6) is 0 Å². The molecule has 1 aromatic carbocycles. The summed E-state index contributed by atoms with van der Waals surface area (Å²) in [7, 11) is 0. The Balaban J connectivity index is 0.00000192. The summed E-state index contributed by atoms with van der Waals surface area (Å²) < 4.78 is 3.31. The van der Waals surface area contributed by atoms with E-state index < -0.39 is 0 Å². The number of rotatable bonds is 3. The Labute approximate surface area is 141 Å². The quantitative estimate of drug-likeness (QED) is 0.910. The number of carbonyl (C=O) groups excluding carboxylic acids is 1. The maximum Gasteiger partial charge on any atom is 0.329 e. The maximum absolute atomic E-state index is 12.5. The normalized spacial score (nSPS) is 15.3. The van der Waals surface area contributed by atoms with Gasteiger partial charge in [0.1, 0.15) is 6.54 Å². The SMILES string of the molecule is CCn1c(=O)n(CC(=O)N2CCCNCC2)c2ccccc21.Cl. The lowest BCUT2D eigenvalue weighted by atomic mass is 10.3. The molecule has 1 aliphatic heterocycles. The molecule has 3 rings (SSSR count). The third kappa shape index (κ3) is 3.43. The lowest BCUT2D eigenvalue weighted by molar-refractivity contribution is -0.131. The van der Waals surface area contributed by atoms with Crippen molar-refractivity contribution in [2.24, 2.45) is 0 Å². The van der Waals surface area contributed by atoms with E-state index in [4.69, 9.17) is 0 Å². The Morgan fingerprint density at radius 2 is 1.83 bits per heavy atom. The van der Waals surface area contributed by atoms with E-state index in [0.29, 0.717) is 13.1 Å². The fourth-order valence-corrected chi connectivity index (χ4v) is 3.06. The number of aromatic nitrogens is 2. The molecule has 23 heavy (non-hydrogen) atoms. The van der Waals surface area contributed by atoms with E-state index in [1.807, 2.05) is 36.1 Å². The van der Waals surface area contributed by atoms with Crippen molar-refractivity contribution in [3.05, 3.63) is 34.7 Å². The highest BCUT2D eigenvalue weighted by Crippen LogP contribution is 2.13. The first-order valence-electron chi connectivity index (χ1n) is 7.89. The van der Waals surface area contributed by atoms with Gasteiger partial charge in [-0.25, -0.2) is 4.79 Å². The molecule has 7 heteroatoms. The fraction of sp³-hybridized carbons (Fsp3) is 0.500. The summed E-state index contributed by atoms with van der Waals surface area (Å²) in [5.41, 5.74) is 1.61. The van der Waals surface area contributed by atoms with Gasteiger partial charge in [0, 0.05) is 26.2 Å². The number of imidazole rings is 1. The molecule has 1 aliphatic rings. The van der Waals surface area contributed by atoms with Crippen LogP contribution in [0.15, 0.2) is 29.1 Å². The Morgan fingerprint density at radius 1 is 1.13 bits per heavy atom. The smallest absolute Gasteiger partial charge is 0.329 e. The number of benzene rings is 1. The van der Waals surface area contributed by atoms with Crippen LogP contribution in [0.25, 0.3) is 11.0 Å². The topological polar surface area (TPSA) is 59.3 Å². The molecule has 0 aliphatic carbocycles. The summed E-state index contributed by atoms with van der Waals surface area (Å²) in [6, 6.07) is 7.65. The second-order valence-corrected chi connectivity index (χ2v) is 5.59. The number of aryl methyl sites for hydroxylation is 1. The molecule has 0 saturated carbocycles. The number of para-hydroxylation sites is 2. The number of nitrogens with one attached hydrogen (secondary N) is 1. The zero-order valence-corrected chi connectivity index (χ0v) is 14.1. The minimum atomic E-state index is -0.106. The average molecular weight is 339 g/mol. The molecule has 0 spiro atoms. The lowest BCUT2D eigenvalue weighted by Crippen LogP contribution is -2.38. The van der Waals surface area contributed by atoms with Crippen LogP contribution in [-0.4, -0.2) is 46.1 Å².